The first kappa shape index (κ1) is 20.5. The van der Waals surface area contributed by atoms with Crippen molar-refractivity contribution >= 4 is 23.3 Å². The number of phenolic OH excluding ortho intramolecular Hbond substituents is 1. The third-order valence-electron chi connectivity index (χ3n) is 3.91. The van der Waals surface area contributed by atoms with Crippen LogP contribution in [-0.4, -0.2) is 33.0 Å². The second-order valence-electron chi connectivity index (χ2n) is 5.71. The van der Waals surface area contributed by atoms with E-state index in [0.29, 0.717) is 11.1 Å². The first-order chi connectivity index (χ1) is 13.3. The summed E-state index contributed by atoms with van der Waals surface area (Å²) in [6, 6.07) is 3.29. The number of allylic oxidation sites excluding steroid dienone is 2. The summed E-state index contributed by atoms with van der Waals surface area (Å²) in [4.78, 5) is 26.9. The van der Waals surface area contributed by atoms with Gasteiger partial charge in [0, 0.05) is 31.9 Å². The summed E-state index contributed by atoms with van der Waals surface area (Å²) < 4.78 is 1.10. The molecule has 2 aromatic rings. The molecule has 0 bridgehead atoms. The van der Waals surface area contributed by atoms with Gasteiger partial charge >= 0.3 is 0 Å². The number of benzene rings is 1. The van der Waals surface area contributed by atoms with E-state index in [1.165, 1.54) is 13.3 Å². The zero-order valence-electron chi connectivity index (χ0n) is 15.5. The lowest BCUT2D eigenvalue weighted by Crippen LogP contribution is -2.21. The van der Waals surface area contributed by atoms with Gasteiger partial charge in [0.2, 0.25) is 5.88 Å². The van der Waals surface area contributed by atoms with Gasteiger partial charge in [0.05, 0.1) is 10.5 Å². The Balaban J connectivity index is 2.67. The van der Waals surface area contributed by atoms with E-state index in [-0.39, 0.29) is 35.2 Å². The Morgan fingerprint density at radius 1 is 1.29 bits per heavy atom. The van der Waals surface area contributed by atoms with Crippen LogP contribution in [0.1, 0.15) is 18.1 Å². The van der Waals surface area contributed by atoms with Crippen molar-refractivity contribution in [3.8, 4) is 11.6 Å². The fraction of sp³-hybridized carbons (Fsp3) is 0.222. The monoisotopic (exact) mass is 385 g/mol. The van der Waals surface area contributed by atoms with Crippen molar-refractivity contribution < 1.29 is 15.1 Å². The Hall–Kier alpha value is -3.82. The van der Waals surface area contributed by atoms with Crippen molar-refractivity contribution in [3.63, 3.8) is 0 Å². The van der Waals surface area contributed by atoms with Crippen LogP contribution in [-0.2, 0) is 6.54 Å². The van der Waals surface area contributed by atoms with Crippen LogP contribution in [0.25, 0.3) is 0 Å². The predicted octanol–water partition coefficient (Wildman–Crippen LogP) is 3.52. The highest BCUT2D eigenvalue weighted by Gasteiger charge is 2.18. The first-order valence-electron chi connectivity index (χ1n) is 8.20. The van der Waals surface area contributed by atoms with Crippen LogP contribution in [0.3, 0.4) is 0 Å². The second kappa shape index (κ2) is 8.71. The largest absolute Gasteiger partial charge is 0.506 e. The second-order valence-corrected chi connectivity index (χ2v) is 5.71. The molecule has 0 amide bonds. The van der Waals surface area contributed by atoms with Gasteiger partial charge in [-0.25, -0.2) is 0 Å². The van der Waals surface area contributed by atoms with Gasteiger partial charge in [0.1, 0.15) is 11.4 Å². The Bertz CT molecular complexity index is 1050. The van der Waals surface area contributed by atoms with E-state index in [1.807, 2.05) is 0 Å². The van der Waals surface area contributed by atoms with Gasteiger partial charge in [0.25, 0.3) is 11.2 Å². The van der Waals surface area contributed by atoms with Crippen molar-refractivity contribution in [1.29, 1.82) is 0 Å². The molecule has 1 aromatic carbocycles. The Labute approximate surface area is 160 Å². The SMILES string of the molecule is C/C=C\Cn1c(O)c(C=NC)c(C)c(N=Nc2cc([N+](=O)[O-])ccc2O)c1=O. The molecule has 146 valence electrons. The molecule has 28 heavy (non-hydrogen) atoms. The van der Waals surface area contributed by atoms with Crippen LogP contribution in [0.4, 0.5) is 17.1 Å². The smallest absolute Gasteiger partial charge is 0.281 e. The number of nitro benzene ring substituents is 1. The lowest BCUT2D eigenvalue weighted by molar-refractivity contribution is -0.384. The highest BCUT2D eigenvalue weighted by Crippen LogP contribution is 2.32. The van der Waals surface area contributed by atoms with Gasteiger partial charge in [-0.1, -0.05) is 12.2 Å². The number of pyridine rings is 1. The third kappa shape index (κ3) is 4.11. The molecule has 0 saturated carbocycles. The summed E-state index contributed by atoms with van der Waals surface area (Å²) in [5.41, 5.74) is -0.495. The molecule has 1 aromatic heterocycles. The van der Waals surface area contributed by atoms with E-state index < -0.39 is 10.5 Å². The lowest BCUT2D eigenvalue weighted by Gasteiger charge is -2.12. The maximum atomic E-state index is 12.8. The van der Waals surface area contributed by atoms with Crippen LogP contribution in [0.15, 0.2) is 50.4 Å². The predicted molar refractivity (Wildman–Crippen MR) is 104 cm³/mol. The van der Waals surface area contributed by atoms with Crippen LogP contribution in [0.5, 0.6) is 11.6 Å². The van der Waals surface area contributed by atoms with Gasteiger partial charge in [0.15, 0.2) is 5.69 Å². The fourth-order valence-electron chi connectivity index (χ4n) is 2.42. The summed E-state index contributed by atoms with van der Waals surface area (Å²) >= 11 is 0. The molecular formula is C18H19N5O5. The molecule has 2 rings (SSSR count). The van der Waals surface area contributed by atoms with Crippen molar-refractivity contribution in [1.82, 2.24) is 4.57 Å². The standard InChI is InChI=1S/C18H19N5O5/c1-4-5-8-22-17(25)13(10-19-3)11(2)16(18(22)26)21-20-14-9-12(23(27)28)6-7-15(14)24/h4-7,9-10,24-25H,8H2,1-3H3/b5-4-,19-10?,21-20?. The molecular weight excluding hydrogens is 366 g/mol. The highest BCUT2D eigenvalue weighted by molar-refractivity contribution is 5.86. The molecule has 0 aliphatic heterocycles. The van der Waals surface area contributed by atoms with E-state index in [9.17, 15) is 25.1 Å². The number of rotatable bonds is 6. The highest BCUT2D eigenvalue weighted by atomic mass is 16.6. The molecule has 0 radical (unpaired) electrons. The van der Waals surface area contributed by atoms with Crippen LogP contribution in [0, 0.1) is 17.0 Å². The lowest BCUT2D eigenvalue weighted by atomic mass is 10.1. The molecule has 0 saturated heterocycles. The van der Waals surface area contributed by atoms with Gasteiger partial charge in [-0.2, -0.15) is 0 Å². The van der Waals surface area contributed by atoms with Crippen molar-refractivity contribution in [2.75, 3.05) is 7.05 Å². The summed E-state index contributed by atoms with van der Waals surface area (Å²) in [6.07, 6.45) is 4.79. The van der Waals surface area contributed by atoms with E-state index in [0.717, 1.165) is 22.8 Å². The molecule has 2 N–H and O–H groups in total. The first-order valence-corrected chi connectivity index (χ1v) is 8.20. The average Bonchev–Trinajstić information content (AvgIpc) is 2.66. The number of phenols is 1. The topological polar surface area (TPSA) is 143 Å². The third-order valence-corrected chi connectivity index (χ3v) is 3.91. The summed E-state index contributed by atoms with van der Waals surface area (Å²) in [5.74, 6) is -0.585. The zero-order valence-corrected chi connectivity index (χ0v) is 15.5. The maximum absolute atomic E-state index is 12.8. The number of hydrogen-bond donors (Lipinski definition) is 2. The van der Waals surface area contributed by atoms with E-state index in [4.69, 9.17) is 0 Å². The number of azo groups is 1. The molecule has 0 fully saturated rings. The van der Waals surface area contributed by atoms with Gasteiger partial charge in [-0.3, -0.25) is 24.5 Å². The summed E-state index contributed by atoms with van der Waals surface area (Å²) in [6.45, 7) is 3.45. The van der Waals surface area contributed by atoms with Gasteiger partial charge < -0.3 is 10.2 Å². The molecule has 0 atom stereocenters. The van der Waals surface area contributed by atoms with Crippen LogP contribution in [0.2, 0.25) is 0 Å². The maximum Gasteiger partial charge on any atom is 0.281 e. The van der Waals surface area contributed by atoms with Gasteiger partial charge in [-0.15, -0.1) is 10.2 Å². The molecule has 0 unspecified atom stereocenters. The molecule has 1 heterocycles. The number of aromatic hydroxyl groups is 2. The Morgan fingerprint density at radius 3 is 2.61 bits per heavy atom. The normalized spacial score (nSPS) is 11.8. The van der Waals surface area contributed by atoms with Crippen LogP contribution < -0.4 is 5.56 Å². The van der Waals surface area contributed by atoms with Crippen molar-refractivity contribution in [3.05, 3.63) is 61.9 Å². The number of hydrogen-bond acceptors (Lipinski definition) is 8. The number of non-ortho nitro benzene ring substituents is 1. The van der Waals surface area contributed by atoms with Gasteiger partial charge in [-0.05, 0) is 25.5 Å². The molecule has 0 spiro atoms. The number of nitro groups is 1. The van der Waals surface area contributed by atoms with E-state index in [1.54, 1.807) is 26.0 Å². The number of aromatic nitrogens is 1. The van der Waals surface area contributed by atoms with Crippen molar-refractivity contribution in [2.24, 2.45) is 15.2 Å². The van der Waals surface area contributed by atoms with E-state index in [2.05, 4.69) is 15.2 Å². The summed E-state index contributed by atoms with van der Waals surface area (Å²) in [7, 11) is 1.52. The Morgan fingerprint density at radius 2 is 2.00 bits per heavy atom. The number of aliphatic imine (C=N–C) groups is 1. The molecule has 0 aliphatic carbocycles. The average molecular weight is 385 g/mol. The quantitative estimate of drug-likeness (QED) is 0.257. The minimum atomic E-state index is -0.635. The zero-order chi connectivity index (χ0) is 20.8. The van der Waals surface area contributed by atoms with Crippen LogP contribution >= 0.6 is 0 Å². The molecule has 0 aliphatic rings. The minimum Gasteiger partial charge on any atom is -0.506 e. The molecule has 10 nitrogen and oxygen atoms in total. The van der Waals surface area contributed by atoms with Crippen molar-refractivity contribution in [2.45, 2.75) is 20.4 Å². The molecule has 10 heteroatoms. The van der Waals surface area contributed by atoms with E-state index >= 15 is 0 Å². The summed E-state index contributed by atoms with van der Waals surface area (Å²) in [5, 5.41) is 38.9. The number of nitrogens with zero attached hydrogens (tertiary/aromatic N) is 5. The Kier molecular flexibility index (Phi) is 6.38. The minimum absolute atomic E-state index is 0.0805. The fourth-order valence-corrected chi connectivity index (χ4v) is 2.42.